The van der Waals surface area contributed by atoms with Crippen molar-refractivity contribution in [3.8, 4) is 0 Å². The summed E-state index contributed by atoms with van der Waals surface area (Å²) in [6.45, 7) is 10.5. The fourth-order valence-corrected chi connectivity index (χ4v) is 10.9. The highest BCUT2D eigenvalue weighted by molar-refractivity contribution is 7.15. The molecule has 6 fully saturated rings. The van der Waals surface area contributed by atoms with E-state index in [1.54, 1.807) is 11.3 Å². The van der Waals surface area contributed by atoms with Gasteiger partial charge in [0, 0.05) is 35.2 Å². The molecule has 1 aromatic heterocycles. The number of carbonyl (C=O) groups excluding carboxylic acids is 1. The van der Waals surface area contributed by atoms with Crippen molar-refractivity contribution in [1.29, 1.82) is 0 Å². The van der Waals surface area contributed by atoms with Gasteiger partial charge in [-0.2, -0.15) is 0 Å². The summed E-state index contributed by atoms with van der Waals surface area (Å²) in [5, 5.41) is 36.5. The Bertz CT molecular complexity index is 1120. The van der Waals surface area contributed by atoms with Crippen LogP contribution in [0, 0.1) is 28.6 Å². The van der Waals surface area contributed by atoms with Crippen molar-refractivity contribution in [1.82, 2.24) is 4.98 Å². The summed E-state index contributed by atoms with van der Waals surface area (Å²) in [6, 6.07) is 0. The predicted octanol–water partition coefficient (Wildman–Crippen LogP) is 2.57. The number of carbonyl (C=O) groups is 1. The number of ether oxygens (including phenoxy) is 1. The maximum atomic E-state index is 13.9. The molecule has 3 saturated heterocycles. The summed E-state index contributed by atoms with van der Waals surface area (Å²) in [7, 11) is 0. The highest BCUT2D eigenvalue weighted by atomic mass is 32.1. The first kappa shape index (κ1) is 22.8. The lowest BCUT2D eigenvalue weighted by Gasteiger charge is -2.73. The molecule has 7 aliphatic rings. The molecule has 1 aromatic rings. The number of fused-ring (bicyclic) bond motifs is 3. The maximum Gasteiger partial charge on any atom is 0.208 e. The van der Waals surface area contributed by atoms with Gasteiger partial charge in [-0.1, -0.05) is 33.3 Å². The number of thiazole rings is 1. The van der Waals surface area contributed by atoms with E-state index >= 15 is 0 Å². The second-order valence-corrected chi connectivity index (χ2v) is 13.7. The number of hydrogen-bond donors (Lipinski definition) is 3. The molecule has 4 aliphatic carbocycles. The molecule has 3 aliphatic heterocycles. The topological polar surface area (TPSA) is 103 Å². The average Bonchev–Trinajstić information content (AvgIpc) is 3.09. The van der Waals surface area contributed by atoms with E-state index in [0.717, 1.165) is 43.2 Å². The zero-order valence-electron chi connectivity index (χ0n) is 20.6. The van der Waals surface area contributed by atoms with E-state index < -0.39 is 34.7 Å². The molecular weight excluding hydrogens is 464 g/mol. The van der Waals surface area contributed by atoms with Crippen LogP contribution in [-0.4, -0.2) is 63.8 Å². The minimum atomic E-state index is -2.13. The lowest BCUT2D eigenvalue weighted by molar-refractivity contribution is -0.429. The van der Waals surface area contributed by atoms with Crippen molar-refractivity contribution >= 4 is 22.3 Å². The van der Waals surface area contributed by atoms with Crippen molar-refractivity contribution < 1.29 is 24.9 Å². The van der Waals surface area contributed by atoms with Crippen molar-refractivity contribution in [3.05, 3.63) is 22.7 Å². The molecule has 0 aromatic carbocycles. The Labute approximate surface area is 210 Å². The van der Waals surface area contributed by atoms with Crippen molar-refractivity contribution in [3.63, 3.8) is 0 Å². The number of rotatable bonds is 1. The highest BCUT2D eigenvalue weighted by Gasteiger charge is 2.86. The minimum absolute atomic E-state index is 0.203. The van der Waals surface area contributed by atoms with Gasteiger partial charge in [0.2, 0.25) is 5.79 Å². The van der Waals surface area contributed by atoms with E-state index in [4.69, 9.17) is 9.72 Å². The van der Waals surface area contributed by atoms with Gasteiger partial charge in [0.15, 0.2) is 10.9 Å². The molecule has 2 spiro atoms. The van der Waals surface area contributed by atoms with Crippen molar-refractivity contribution in [2.24, 2.45) is 28.6 Å². The summed E-state index contributed by atoms with van der Waals surface area (Å²) in [5.41, 5.74) is -1.38. The molecule has 8 atom stereocenters. The Morgan fingerprint density at radius 1 is 1.11 bits per heavy atom. The molecule has 0 amide bonds. The molecular formula is C27H36N2O5S. The summed E-state index contributed by atoms with van der Waals surface area (Å²) in [6.07, 6.45) is 4.48. The lowest BCUT2D eigenvalue weighted by Crippen LogP contribution is -2.85. The van der Waals surface area contributed by atoms with Crippen LogP contribution in [-0.2, 0) is 21.4 Å². The summed E-state index contributed by atoms with van der Waals surface area (Å²) in [4.78, 5) is 22.8. The molecule has 4 bridgehead atoms. The molecule has 3 N–H and O–H groups in total. The quantitative estimate of drug-likeness (QED) is 0.509. The fourth-order valence-electron chi connectivity index (χ4n) is 9.48. The molecule has 35 heavy (non-hydrogen) atoms. The molecule has 8 heteroatoms. The van der Waals surface area contributed by atoms with E-state index in [1.165, 1.54) is 17.7 Å². The number of Topliss-reactive ketones (excluding diaryl/α,β-unsaturated/α-hetero) is 1. The Kier molecular flexibility index (Phi) is 4.54. The zero-order chi connectivity index (χ0) is 24.5. The summed E-state index contributed by atoms with van der Waals surface area (Å²) in [5.74, 6) is -3.55. The number of aliphatic hydroxyl groups excluding tert-OH is 2. The van der Waals surface area contributed by atoms with Crippen LogP contribution < -0.4 is 4.90 Å². The minimum Gasteiger partial charge on any atom is -0.391 e. The van der Waals surface area contributed by atoms with E-state index in [1.807, 2.05) is 0 Å². The first-order valence-corrected chi connectivity index (χ1v) is 14.1. The van der Waals surface area contributed by atoms with E-state index in [9.17, 15) is 20.1 Å². The summed E-state index contributed by atoms with van der Waals surface area (Å²) >= 11 is 1.75. The Balaban J connectivity index is 1.46. The lowest BCUT2D eigenvalue weighted by atomic mass is 9.36. The van der Waals surface area contributed by atoms with Gasteiger partial charge in [0.25, 0.3) is 0 Å². The molecule has 2 unspecified atom stereocenters. The predicted molar refractivity (Wildman–Crippen MR) is 131 cm³/mol. The first-order valence-electron chi connectivity index (χ1n) is 13.3. The summed E-state index contributed by atoms with van der Waals surface area (Å²) < 4.78 is 6.18. The standard InChI is InChI=1S/C27H36N2O5S/c1-14-15-8-9-17-25-13-34-27(33,26(17,20(14)30)21(15)31)22(32)18(25)24(2,3)12-16-19(25)28-23(35-16)29-10-6-4-5-7-11-29/h15,17-18,21-22,31-33H,1,4-13H2,2-3H3/t15?,17-,18+,21+,22-,25-,26-,27?/m0/s1. The van der Waals surface area contributed by atoms with Gasteiger partial charge < -0.3 is 25.0 Å². The molecule has 0 radical (unpaired) electrons. The molecule has 190 valence electrons. The number of ketones is 1. The molecule has 4 heterocycles. The molecule has 8 rings (SSSR count). The maximum absolute atomic E-state index is 13.9. The van der Waals surface area contributed by atoms with Gasteiger partial charge in [0.05, 0.1) is 18.4 Å². The van der Waals surface area contributed by atoms with Crippen molar-refractivity contribution in [2.75, 3.05) is 24.6 Å². The highest BCUT2D eigenvalue weighted by Crippen LogP contribution is 2.75. The average molecular weight is 501 g/mol. The zero-order valence-corrected chi connectivity index (χ0v) is 21.4. The van der Waals surface area contributed by atoms with Gasteiger partial charge in [-0.05, 0) is 49.0 Å². The van der Waals surface area contributed by atoms with Gasteiger partial charge in [-0.3, -0.25) is 4.79 Å². The second-order valence-electron chi connectivity index (χ2n) is 12.7. The van der Waals surface area contributed by atoms with Crippen LogP contribution in [0.2, 0.25) is 0 Å². The van der Waals surface area contributed by atoms with Crippen LogP contribution in [0.3, 0.4) is 0 Å². The monoisotopic (exact) mass is 500 g/mol. The van der Waals surface area contributed by atoms with Gasteiger partial charge in [-0.25, -0.2) is 4.98 Å². The number of aliphatic hydroxyl groups is 3. The molecule has 7 nitrogen and oxygen atoms in total. The van der Waals surface area contributed by atoms with Crippen LogP contribution in [0.15, 0.2) is 12.2 Å². The Morgan fingerprint density at radius 2 is 1.83 bits per heavy atom. The Morgan fingerprint density at radius 3 is 2.54 bits per heavy atom. The van der Waals surface area contributed by atoms with Crippen LogP contribution in [0.4, 0.5) is 5.13 Å². The third-order valence-corrected chi connectivity index (χ3v) is 11.9. The van der Waals surface area contributed by atoms with E-state index in [0.29, 0.717) is 18.4 Å². The van der Waals surface area contributed by atoms with Crippen molar-refractivity contribution in [2.45, 2.75) is 82.2 Å². The van der Waals surface area contributed by atoms with Crippen LogP contribution in [0.25, 0.3) is 0 Å². The number of aromatic nitrogens is 1. The number of hydrogen-bond acceptors (Lipinski definition) is 8. The van der Waals surface area contributed by atoms with Gasteiger partial charge >= 0.3 is 0 Å². The van der Waals surface area contributed by atoms with E-state index in [-0.39, 0.29) is 29.6 Å². The van der Waals surface area contributed by atoms with E-state index in [2.05, 4.69) is 25.3 Å². The van der Waals surface area contributed by atoms with Gasteiger partial charge in [-0.15, -0.1) is 11.3 Å². The number of anilines is 1. The fraction of sp³-hybridized carbons (Fsp3) is 0.778. The first-order chi connectivity index (χ1) is 16.6. The van der Waals surface area contributed by atoms with Crippen LogP contribution >= 0.6 is 11.3 Å². The van der Waals surface area contributed by atoms with Crippen LogP contribution in [0.5, 0.6) is 0 Å². The molecule has 3 saturated carbocycles. The number of nitrogens with zero attached hydrogens (tertiary/aromatic N) is 2. The normalized spacial score (nSPS) is 47.8. The Hall–Kier alpha value is -1.32. The third kappa shape index (κ3) is 2.38. The third-order valence-electron chi connectivity index (χ3n) is 10.8. The smallest absolute Gasteiger partial charge is 0.208 e. The van der Waals surface area contributed by atoms with Gasteiger partial charge in [0.1, 0.15) is 11.5 Å². The largest absolute Gasteiger partial charge is 0.391 e. The van der Waals surface area contributed by atoms with Crippen LogP contribution in [0.1, 0.15) is 62.9 Å². The second kappa shape index (κ2) is 6.95. The SMILES string of the molecule is C=C1C(=O)[C@]23[C@H](O)C1CC[C@H]2[C@@]12COC3(O)[C@@H](O)[C@@H]1C(C)(C)Cc1sc(N3CCCCCC3)nc12.